The number of rotatable bonds is 3. The van der Waals surface area contributed by atoms with Crippen molar-refractivity contribution < 1.29 is 9.32 Å². The molecule has 0 radical (unpaired) electrons. The van der Waals surface area contributed by atoms with Crippen molar-refractivity contribution in [3.05, 3.63) is 24.3 Å². The molecule has 0 aromatic heterocycles. The molecule has 0 aliphatic heterocycles. The molecule has 16 heavy (non-hydrogen) atoms. The van der Waals surface area contributed by atoms with Gasteiger partial charge in [-0.15, -0.1) is 0 Å². The zero-order valence-corrected chi connectivity index (χ0v) is 11.4. The number of aliphatic hydroxyl groups is 1. The second kappa shape index (κ2) is 4.84. The molecule has 0 aromatic carbocycles. The van der Waals surface area contributed by atoms with Crippen LogP contribution in [0.3, 0.4) is 0 Å². The molecule has 1 rings (SSSR count). The summed E-state index contributed by atoms with van der Waals surface area (Å²) in [6, 6.07) is 0. The maximum Gasteiger partial charge on any atom is 0.0778 e. The molecule has 0 amide bonds. The number of hydrogen-bond donors (Lipinski definition) is 1. The van der Waals surface area contributed by atoms with Gasteiger partial charge in [0.25, 0.3) is 0 Å². The summed E-state index contributed by atoms with van der Waals surface area (Å²) in [5, 5.41) is 10.2. The van der Waals surface area contributed by atoms with Gasteiger partial charge in [-0.1, -0.05) is 31.2 Å². The third-order valence-corrected chi connectivity index (χ3v) is 4.92. The summed E-state index contributed by atoms with van der Waals surface area (Å²) in [4.78, 5) is 0. The first-order valence-corrected chi connectivity index (χ1v) is 6.99. The molecule has 0 spiro atoms. The predicted octanol–water partition coefficient (Wildman–Crippen LogP) is 2.42. The summed E-state index contributed by atoms with van der Waals surface area (Å²) < 4.78 is 11.7. The predicted molar refractivity (Wildman–Crippen MR) is 69.8 cm³/mol. The molecule has 1 unspecified atom stereocenters. The van der Waals surface area contributed by atoms with Crippen LogP contribution in [0, 0.1) is 5.41 Å². The number of allylic oxidation sites excluding steroid dienone is 2. The lowest BCUT2D eigenvalue weighted by Crippen LogP contribution is -2.38. The van der Waals surface area contributed by atoms with Crippen LogP contribution >= 0.6 is 0 Å². The van der Waals surface area contributed by atoms with Crippen molar-refractivity contribution in [1.29, 1.82) is 0 Å². The van der Waals surface area contributed by atoms with E-state index >= 15 is 0 Å². The lowest BCUT2D eigenvalue weighted by molar-refractivity contribution is 0.120. The van der Waals surface area contributed by atoms with Crippen LogP contribution < -0.4 is 0 Å². The Hall–Kier alpha value is -0.410. The first kappa shape index (κ1) is 13.7. The van der Waals surface area contributed by atoms with Crippen LogP contribution in [0.4, 0.5) is 0 Å². The Kier molecular flexibility index (Phi) is 4.13. The van der Waals surface area contributed by atoms with Gasteiger partial charge in [-0.2, -0.15) is 0 Å². The molecule has 1 aliphatic rings. The molecule has 1 aliphatic carbocycles. The third kappa shape index (κ3) is 3.29. The molecule has 3 heteroatoms. The van der Waals surface area contributed by atoms with Crippen molar-refractivity contribution in [2.75, 3.05) is 5.75 Å². The Morgan fingerprint density at radius 2 is 1.88 bits per heavy atom. The van der Waals surface area contributed by atoms with E-state index in [9.17, 15) is 9.32 Å². The highest BCUT2D eigenvalue weighted by atomic mass is 32.2. The standard InChI is InChI=1S/C13H22O2S/c1-12(2,3)16(15)10-11(14)13(4)8-6-5-7-9-13/h6-9,11,14H,5,10H2,1-4H3/t11-,16?/m0/s1. The van der Waals surface area contributed by atoms with Crippen LogP contribution in [0.15, 0.2) is 24.3 Å². The van der Waals surface area contributed by atoms with Gasteiger partial charge in [0.15, 0.2) is 0 Å². The Labute approximate surface area is 101 Å². The van der Waals surface area contributed by atoms with E-state index in [4.69, 9.17) is 0 Å². The highest BCUT2D eigenvalue weighted by Crippen LogP contribution is 2.30. The first-order valence-electron chi connectivity index (χ1n) is 5.68. The molecule has 92 valence electrons. The summed E-state index contributed by atoms with van der Waals surface area (Å²) in [5.74, 6) is 0.328. The van der Waals surface area contributed by atoms with E-state index in [1.807, 2.05) is 52.0 Å². The second-order valence-electron chi connectivity index (χ2n) is 5.55. The van der Waals surface area contributed by atoms with Gasteiger partial charge in [0.1, 0.15) is 0 Å². The smallest absolute Gasteiger partial charge is 0.0778 e. The number of hydrogen-bond acceptors (Lipinski definition) is 2. The van der Waals surface area contributed by atoms with E-state index in [2.05, 4.69) is 0 Å². The van der Waals surface area contributed by atoms with Gasteiger partial charge in [0.2, 0.25) is 0 Å². The van der Waals surface area contributed by atoms with Crippen LogP contribution in [0.2, 0.25) is 0 Å². The Morgan fingerprint density at radius 1 is 1.38 bits per heavy atom. The van der Waals surface area contributed by atoms with Crippen molar-refractivity contribution in [1.82, 2.24) is 0 Å². The van der Waals surface area contributed by atoms with Gasteiger partial charge >= 0.3 is 0 Å². The van der Waals surface area contributed by atoms with Crippen molar-refractivity contribution in [2.24, 2.45) is 5.41 Å². The van der Waals surface area contributed by atoms with Crippen molar-refractivity contribution in [3.63, 3.8) is 0 Å². The Balaban J connectivity index is 2.69. The van der Waals surface area contributed by atoms with E-state index in [-0.39, 0.29) is 10.2 Å². The molecular formula is C13H22O2S. The SMILES string of the molecule is CC1([C@@H](O)CS(=O)C(C)(C)C)C=CCC=C1. The summed E-state index contributed by atoms with van der Waals surface area (Å²) in [6.45, 7) is 7.78. The van der Waals surface area contributed by atoms with Crippen LogP contribution in [0.1, 0.15) is 34.1 Å². The lowest BCUT2D eigenvalue weighted by atomic mass is 9.81. The third-order valence-electron chi connectivity index (χ3n) is 2.94. The normalized spacial score (nSPS) is 23.1. The number of aliphatic hydroxyl groups excluding tert-OH is 1. The van der Waals surface area contributed by atoms with Crippen LogP contribution in [-0.2, 0) is 10.8 Å². The minimum absolute atomic E-state index is 0.264. The summed E-state index contributed by atoms with van der Waals surface area (Å²) in [6.07, 6.45) is 8.45. The Bertz CT molecular complexity index is 311. The molecule has 0 saturated carbocycles. The summed E-state index contributed by atoms with van der Waals surface area (Å²) in [5.41, 5.74) is -0.362. The quantitative estimate of drug-likeness (QED) is 0.772. The van der Waals surface area contributed by atoms with E-state index in [0.29, 0.717) is 5.75 Å². The van der Waals surface area contributed by atoms with E-state index < -0.39 is 16.9 Å². The summed E-state index contributed by atoms with van der Waals surface area (Å²) >= 11 is 0. The van der Waals surface area contributed by atoms with Crippen molar-refractivity contribution in [2.45, 2.75) is 45.0 Å². The van der Waals surface area contributed by atoms with Gasteiger partial charge in [0, 0.05) is 21.0 Å². The fourth-order valence-electron chi connectivity index (χ4n) is 1.57. The zero-order chi connectivity index (χ0) is 12.4. The molecule has 0 aromatic rings. The average molecular weight is 242 g/mol. The van der Waals surface area contributed by atoms with E-state index in [0.717, 1.165) is 6.42 Å². The van der Waals surface area contributed by atoms with Gasteiger partial charge in [-0.25, -0.2) is 0 Å². The monoisotopic (exact) mass is 242 g/mol. The van der Waals surface area contributed by atoms with E-state index in [1.165, 1.54) is 0 Å². The fourth-order valence-corrected chi connectivity index (χ4v) is 2.72. The van der Waals surface area contributed by atoms with Gasteiger partial charge in [-0.3, -0.25) is 4.21 Å². The Morgan fingerprint density at radius 3 is 2.31 bits per heavy atom. The first-order chi connectivity index (χ1) is 7.26. The average Bonchev–Trinajstić information content (AvgIpc) is 2.17. The molecule has 0 heterocycles. The lowest BCUT2D eigenvalue weighted by Gasteiger charge is -2.31. The summed E-state index contributed by atoms with van der Waals surface area (Å²) in [7, 11) is -1.01. The minimum atomic E-state index is -1.01. The van der Waals surface area contributed by atoms with Crippen molar-refractivity contribution in [3.8, 4) is 0 Å². The maximum absolute atomic E-state index is 12.0. The highest BCUT2D eigenvalue weighted by molar-refractivity contribution is 7.86. The zero-order valence-electron chi connectivity index (χ0n) is 10.6. The van der Waals surface area contributed by atoms with Crippen LogP contribution in [0.25, 0.3) is 0 Å². The molecule has 2 atom stereocenters. The molecule has 1 N–H and O–H groups in total. The molecule has 2 nitrogen and oxygen atoms in total. The van der Waals surface area contributed by atoms with E-state index in [1.54, 1.807) is 0 Å². The van der Waals surface area contributed by atoms with Crippen LogP contribution in [0.5, 0.6) is 0 Å². The van der Waals surface area contributed by atoms with Crippen LogP contribution in [-0.4, -0.2) is 25.9 Å². The van der Waals surface area contributed by atoms with Gasteiger partial charge in [-0.05, 0) is 27.2 Å². The highest BCUT2D eigenvalue weighted by Gasteiger charge is 2.32. The molecule has 0 bridgehead atoms. The maximum atomic E-state index is 12.0. The largest absolute Gasteiger partial charge is 0.391 e. The molecular weight excluding hydrogens is 220 g/mol. The van der Waals surface area contributed by atoms with Gasteiger partial charge < -0.3 is 5.11 Å². The minimum Gasteiger partial charge on any atom is -0.391 e. The molecule has 0 fully saturated rings. The van der Waals surface area contributed by atoms with Crippen molar-refractivity contribution >= 4 is 10.8 Å². The second-order valence-corrected chi connectivity index (χ2v) is 7.80. The topological polar surface area (TPSA) is 37.3 Å². The van der Waals surface area contributed by atoms with Gasteiger partial charge in [0.05, 0.1) is 11.9 Å². The fraction of sp³-hybridized carbons (Fsp3) is 0.692. The molecule has 0 saturated heterocycles.